The van der Waals surface area contributed by atoms with Crippen molar-refractivity contribution < 1.29 is 35.9 Å². The average molecular weight is 586 g/mol. The summed E-state index contributed by atoms with van der Waals surface area (Å²) in [5, 5.41) is 2.87. The van der Waals surface area contributed by atoms with E-state index in [9.17, 15) is 31.2 Å². The summed E-state index contributed by atoms with van der Waals surface area (Å²) in [5.74, 6) is -0.00761. The van der Waals surface area contributed by atoms with Gasteiger partial charge < -0.3 is 15.0 Å². The summed E-state index contributed by atoms with van der Waals surface area (Å²) >= 11 is 0. The quantitative estimate of drug-likeness (QED) is 0.298. The number of carbonyl (C=O) groups excluding carboxylic acids is 2. The minimum Gasteiger partial charge on any atom is -0.497 e. The van der Waals surface area contributed by atoms with Crippen molar-refractivity contribution >= 4 is 27.5 Å². The van der Waals surface area contributed by atoms with E-state index in [-0.39, 0.29) is 43.4 Å². The van der Waals surface area contributed by atoms with Gasteiger partial charge in [-0.15, -0.1) is 0 Å². The van der Waals surface area contributed by atoms with Crippen LogP contribution >= 0.6 is 0 Å². The van der Waals surface area contributed by atoms with E-state index >= 15 is 0 Å². The molecule has 0 fully saturated rings. The van der Waals surface area contributed by atoms with Gasteiger partial charge in [0.2, 0.25) is 21.8 Å². The van der Waals surface area contributed by atoms with Crippen LogP contribution in [0, 0.1) is 0 Å². The van der Waals surface area contributed by atoms with Crippen LogP contribution in [0.2, 0.25) is 0 Å². The van der Waals surface area contributed by atoms with Gasteiger partial charge in [-0.1, -0.05) is 38.5 Å². The number of hydrogen-bond donors (Lipinski definition) is 1. The van der Waals surface area contributed by atoms with Crippen molar-refractivity contribution in [3.63, 3.8) is 0 Å². The number of amides is 2. The number of anilines is 1. The van der Waals surface area contributed by atoms with Gasteiger partial charge in [-0.2, -0.15) is 13.2 Å². The predicted molar refractivity (Wildman–Crippen MR) is 148 cm³/mol. The second-order valence-corrected chi connectivity index (χ2v) is 11.3. The summed E-state index contributed by atoms with van der Waals surface area (Å²) in [4.78, 5) is 27.9. The monoisotopic (exact) mass is 585 g/mol. The van der Waals surface area contributed by atoms with Crippen LogP contribution in [-0.2, 0) is 32.3 Å². The normalized spacial score (nSPS) is 12.5. The second kappa shape index (κ2) is 14.9. The van der Waals surface area contributed by atoms with Crippen LogP contribution in [0.5, 0.6) is 5.75 Å². The Labute approximate surface area is 234 Å². The van der Waals surface area contributed by atoms with Gasteiger partial charge in [0.1, 0.15) is 11.8 Å². The minimum atomic E-state index is -4.63. The molecular formula is C28H38F3N3O5S. The van der Waals surface area contributed by atoms with Gasteiger partial charge in [0.25, 0.3) is 0 Å². The van der Waals surface area contributed by atoms with E-state index in [1.165, 1.54) is 18.1 Å². The molecule has 0 heterocycles. The van der Waals surface area contributed by atoms with E-state index < -0.39 is 27.8 Å². The number of hydrogen-bond acceptors (Lipinski definition) is 5. The highest BCUT2D eigenvalue weighted by Crippen LogP contribution is 2.32. The number of unbranched alkanes of at least 4 members (excludes halogenated alkanes) is 1. The minimum absolute atomic E-state index is 0.0369. The molecule has 0 aliphatic carbocycles. The van der Waals surface area contributed by atoms with Gasteiger partial charge >= 0.3 is 6.18 Å². The van der Waals surface area contributed by atoms with Crippen LogP contribution in [-0.4, -0.2) is 57.6 Å². The number of ether oxygens (including phenoxy) is 1. The number of sulfonamides is 1. The standard InChI is InChI=1S/C28H38F3N3O5S/c1-5-7-17-32-27(36)25(6-2)33(20-21-13-15-24(39-3)16-14-21)26(35)12-9-18-34(40(4,37)38)23-11-8-10-22(19-23)28(29,30)31/h8,10-11,13-16,19,25H,5-7,9,12,17-18,20H2,1-4H3,(H,32,36)/t25-/m0/s1. The van der Waals surface area contributed by atoms with Crippen molar-refractivity contribution in [2.75, 3.05) is 30.8 Å². The lowest BCUT2D eigenvalue weighted by Crippen LogP contribution is -2.49. The van der Waals surface area contributed by atoms with Crippen molar-refractivity contribution in [2.24, 2.45) is 0 Å². The Balaban J connectivity index is 2.24. The molecule has 2 rings (SSSR count). The van der Waals surface area contributed by atoms with Gasteiger partial charge in [-0.25, -0.2) is 8.42 Å². The van der Waals surface area contributed by atoms with Gasteiger partial charge in [0, 0.05) is 26.1 Å². The molecule has 2 aromatic rings. The molecule has 0 bridgehead atoms. The van der Waals surface area contributed by atoms with Crippen LogP contribution in [0.25, 0.3) is 0 Å². The number of rotatable bonds is 15. The summed E-state index contributed by atoms with van der Waals surface area (Å²) in [5.41, 5.74) is -0.336. The molecule has 40 heavy (non-hydrogen) atoms. The molecule has 0 aliphatic rings. The topological polar surface area (TPSA) is 96.0 Å². The zero-order valence-corrected chi connectivity index (χ0v) is 24.1. The Hall–Kier alpha value is -3.28. The van der Waals surface area contributed by atoms with E-state index in [2.05, 4.69) is 5.32 Å². The van der Waals surface area contributed by atoms with Crippen molar-refractivity contribution in [3.8, 4) is 5.75 Å². The van der Waals surface area contributed by atoms with Gasteiger partial charge in [-0.3, -0.25) is 13.9 Å². The maximum Gasteiger partial charge on any atom is 0.416 e. The first-order chi connectivity index (χ1) is 18.8. The summed E-state index contributed by atoms with van der Waals surface area (Å²) in [6, 6.07) is 10.4. The van der Waals surface area contributed by atoms with Crippen LogP contribution in [0.15, 0.2) is 48.5 Å². The molecule has 1 atom stereocenters. The molecule has 0 aromatic heterocycles. The van der Waals surface area contributed by atoms with E-state index in [1.54, 1.807) is 31.2 Å². The SMILES string of the molecule is CCCCNC(=O)[C@H](CC)N(Cc1ccc(OC)cc1)C(=O)CCCN(c1cccc(C(F)(F)F)c1)S(C)(=O)=O. The Morgan fingerprint density at radius 2 is 1.73 bits per heavy atom. The average Bonchev–Trinajstić information content (AvgIpc) is 2.90. The highest BCUT2D eigenvalue weighted by atomic mass is 32.2. The molecule has 0 saturated carbocycles. The largest absolute Gasteiger partial charge is 0.497 e. The predicted octanol–water partition coefficient (Wildman–Crippen LogP) is 4.98. The summed E-state index contributed by atoms with van der Waals surface area (Å²) < 4.78 is 70.6. The number of methoxy groups -OCH3 is 1. The van der Waals surface area contributed by atoms with Gasteiger partial charge in [0.05, 0.1) is 24.6 Å². The van der Waals surface area contributed by atoms with E-state index in [1.807, 2.05) is 6.92 Å². The van der Waals surface area contributed by atoms with Crippen molar-refractivity contribution in [3.05, 3.63) is 59.7 Å². The summed E-state index contributed by atoms with van der Waals surface area (Å²) in [6.07, 6.45) is -1.75. The highest BCUT2D eigenvalue weighted by molar-refractivity contribution is 7.92. The molecule has 0 saturated heterocycles. The first-order valence-electron chi connectivity index (χ1n) is 13.2. The first-order valence-corrected chi connectivity index (χ1v) is 15.0. The third-order valence-electron chi connectivity index (χ3n) is 6.34. The fourth-order valence-electron chi connectivity index (χ4n) is 4.19. The fraction of sp³-hybridized carbons (Fsp3) is 0.500. The van der Waals surface area contributed by atoms with Crippen molar-refractivity contribution in [2.45, 2.75) is 64.7 Å². The molecule has 2 aromatic carbocycles. The Bertz CT molecular complexity index is 1220. The van der Waals surface area contributed by atoms with Crippen LogP contribution in [0.4, 0.5) is 18.9 Å². The van der Waals surface area contributed by atoms with Crippen LogP contribution in [0.1, 0.15) is 57.1 Å². The van der Waals surface area contributed by atoms with E-state index in [4.69, 9.17) is 4.74 Å². The number of halogens is 3. The number of alkyl halides is 3. The second-order valence-electron chi connectivity index (χ2n) is 9.43. The molecular weight excluding hydrogens is 547 g/mol. The number of nitrogens with one attached hydrogen (secondary N) is 1. The summed E-state index contributed by atoms with van der Waals surface area (Å²) in [7, 11) is -2.40. The Kier molecular flexibility index (Phi) is 12.3. The molecule has 12 heteroatoms. The fourth-order valence-corrected chi connectivity index (χ4v) is 5.15. The molecule has 0 spiro atoms. The molecule has 1 N–H and O–H groups in total. The lowest BCUT2D eigenvalue weighted by Gasteiger charge is -2.31. The molecule has 0 radical (unpaired) electrons. The van der Waals surface area contributed by atoms with Gasteiger partial charge in [0.15, 0.2) is 0 Å². The molecule has 0 unspecified atom stereocenters. The Morgan fingerprint density at radius 3 is 2.27 bits per heavy atom. The number of carbonyl (C=O) groups is 2. The van der Waals surface area contributed by atoms with E-state index in [0.717, 1.165) is 47.2 Å². The third-order valence-corrected chi connectivity index (χ3v) is 7.54. The zero-order chi connectivity index (χ0) is 29.9. The molecule has 8 nitrogen and oxygen atoms in total. The maximum absolute atomic E-state index is 13.5. The van der Waals surface area contributed by atoms with Crippen LogP contribution in [0.3, 0.4) is 0 Å². The van der Waals surface area contributed by atoms with Crippen LogP contribution < -0.4 is 14.4 Å². The molecule has 0 aliphatic heterocycles. The third kappa shape index (κ3) is 9.72. The van der Waals surface area contributed by atoms with Crippen molar-refractivity contribution in [1.29, 1.82) is 0 Å². The zero-order valence-electron chi connectivity index (χ0n) is 23.3. The lowest BCUT2D eigenvalue weighted by atomic mass is 10.1. The van der Waals surface area contributed by atoms with Gasteiger partial charge in [-0.05, 0) is 55.2 Å². The highest BCUT2D eigenvalue weighted by Gasteiger charge is 2.32. The Morgan fingerprint density at radius 1 is 1.05 bits per heavy atom. The first kappa shape index (κ1) is 32.9. The smallest absolute Gasteiger partial charge is 0.416 e. The lowest BCUT2D eigenvalue weighted by molar-refractivity contribution is -0.141. The van der Waals surface area contributed by atoms with Crippen molar-refractivity contribution in [1.82, 2.24) is 10.2 Å². The molecule has 222 valence electrons. The maximum atomic E-state index is 13.5. The number of nitrogens with zero attached hydrogens (tertiary/aromatic N) is 2. The van der Waals surface area contributed by atoms with E-state index in [0.29, 0.717) is 18.7 Å². The molecule has 2 amide bonds. The number of benzene rings is 2. The summed E-state index contributed by atoms with van der Waals surface area (Å²) in [6.45, 7) is 4.23.